The predicted octanol–water partition coefficient (Wildman–Crippen LogP) is 8.99. The number of imide groups is 2. The zero-order chi connectivity index (χ0) is 40.6. The Labute approximate surface area is 347 Å². The maximum atomic E-state index is 15.1. The van der Waals surface area contributed by atoms with Crippen molar-refractivity contribution in [3.05, 3.63) is 179 Å². The molecule has 2 aromatic heterocycles. The van der Waals surface area contributed by atoms with Gasteiger partial charge in [-0.15, -0.1) is 0 Å². The lowest BCUT2D eigenvalue weighted by Gasteiger charge is -2.54. The fourth-order valence-electron chi connectivity index (χ4n) is 10.8. The van der Waals surface area contributed by atoms with Crippen molar-refractivity contribution < 1.29 is 14.4 Å². The number of hydrogen-bond acceptors (Lipinski definition) is 3. The number of fused-ring (bicyclic) bond motifs is 4. The van der Waals surface area contributed by atoms with E-state index in [-0.39, 0.29) is 36.7 Å². The lowest BCUT2D eigenvalue weighted by molar-refractivity contribution is -0.154. The number of hydrogen-bond donors (Lipinski definition) is 0. The lowest BCUT2D eigenvalue weighted by atomic mass is 9.48. The van der Waals surface area contributed by atoms with Crippen LogP contribution in [-0.4, -0.2) is 36.8 Å². The highest BCUT2D eigenvalue weighted by molar-refractivity contribution is 6.12. The third-order valence-electron chi connectivity index (χ3n) is 13.7. The largest absolute Gasteiger partial charge is 0.344 e. The van der Waals surface area contributed by atoms with E-state index in [9.17, 15) is 4.79 Å². The fourth-order valence-corrected chi connectivity index (χ4v) is 10.8. The van der Waals surface area contributed by atoms with Gasteiger partial charge in [0.1, 0.15) is 0 Å². The van der Waals surface area contributed by atoms with Gasteiger partial charge in [0.2, 0.25) is 11.8 Å². The molecular formula is C53H44N4O3. The quantitative estimate of drug-likeness (QED) is 0.169. The van der Waals surface area contributed by atoms with Gasteiger partial charge < -0.3 is 9.13 Å². The molecule has 3 fully saturated rings. The van der Waals surface area contributed by atoms with E-state index in [2.05, 4.69) is 120 Å². The van der Waals surface area contributed by atoms with Crippen LogP contribution < -0.4 is 10.7 Å². The second-order valence-electron chi connectivity index (χ2n) is 16.8. The second-order valence-corrected chi connectivity index (χ2v) is 16.8. The normalized spacial score (nSPS) is 22.8. The van der Waals surface area contributed by atoms with Gasteiger partial charge in [-0.05, 0) is 70.9 Å². The molecule has 2 aliphatic carbocycles. The van der Waals surface area contributed by atoms with Crippen molar-refractivity contribution in [1.82, 2.24) is 18.9 Å². The van der Waals surface area contributed by atoms with Crippen LogP contribution in [0.1, 0.15) is 24.0 Å². The molecule has 4 amide bonds. The van der Waals surface area contributed by atoms with Crippen LogP contribution in [0, 0.1) is 23.7 Å². The zero-order valence-corrected chi connectivity index (χ0v) is 33.7. The number of aryl methyl sites for hydroxylation is 2. The van der Waals surface area contributed by atoms with Crippen LogP contribution in [-0.2, 0) is 36.8 Å². The minimum Gasteiger partial charge on any atom is -0.344 e. The highest BCUT2D eigenvalue weighted by Gasteiger charge is 2.64. The Hall–Kier alpha value is -6.99. The SMILES string of the molecule is Cn1/c(=C\C=C2\CC/C(=C/C=c3/c4cccc5cccc(c54)n3C)C3C4C(=O)N(Cc5ccccc5)C(=O)N(Cc5ccccc5)C(=O)C4C23)c2cccc3cccc1c32. The van der Waals surface area contributed by atoms with Crippen molar-refractivity contribution in [3.63, 3.8) is 0 Å². The number of carbonyl (C=O) groups excluding carboxylic acids is 3. The summed E-state index contributed by atoms with van der Waals surface area (Å²) in [5.41, 5.74) is 6.32. The monoisotopic (exact) mass is 784 g/mol. The van der Waals surface area contributed by atoms with Crippen molar-refractivity contribution >= 4 is 73.3 Å². The number of urea groups is 1. The minimum absolute atomic E-state index is 0.0983. The zero-order valence-electron chi connectivity index (χ0n) is 33.7. The highest BCUT2D eigenvalue weighted by atomic mass is 16.2. The van der Waals surface area contributed by atoms with E-state index in [1.807, 2.05) is 60.7 Å². The number of benzene rings is 6. The van der Waals surface area contributed by atoms with Gasteiger partial charge in [0.15, 0.2) is 0 Å². The topological polar surface area (TPSA) is 67.6 Å². The summed E-state index contributed by atoms with van der Waals surface area (Å²) in [4.78, 5) is 47.7. The van der Waals surface area contributed by atoms with Gasteiger partial charge in [0.05, 0.1) is 24.9 Å². The molecule has 1 saturated heterocycles. The summed E-state index contributed by atoms with van der Waals surface area (Å²) >= 11 is 0. The summed E-state index contributed by atoms with van der Waals surface area (Å²) in [6, 6.07) is 44.4. The van der Waals surface area contributed by atoms with E-state index in [0.29, 0.717) is 0 Å². The van der Waals surface area contributed by atoms with Crippen LogP contribution in [0.25, 0.3) is 55.5 Å². The van der Waals surface area contributed by atoms with Gasteiger partial charge in [-0.2, -0.15) is 0 Å². The predicted molar refractivity (Wildman–Crippen MR) is 239 cm³/mol. The standard InChI is InChI=1S/C53H44N4O3/c1-54-41(39-21-9-17-35-19-11-23-43(54)45(35)39)29-27-37-25-26-38(28-30-42-40-22-10-18-36-20-12-24-44(46(36)40)55(42)2)48-47(37)49-50(48)52(59)57(32-34-15-7-4-8-16-34)53(60)56(51(49)58)31-33-13-5-3-6-14-33/h3-24,27-30,47-50H,25-26,31-32H2,1-2H3/b37-27-,38-28-,41-29-,42-30-. The summed E-state index contributed by atoms with van der Waals surface area (Å²) in [6.45, 7) is 0.197. The minimum atomic E-state index is -0.675. The Morgan fingerprint density at radius 3 is 1.28 bits per heavy atom. The molecule has 60 heavy (non-hydrogen) atoms. The molecular weight excluding hydrogens is 741 g/mol. The smallest absolute Gasteiger partial charge is 0.334 e. The Balaban J connectivity index is 1.08. The first-order valence-electron chi connectivity index (χ1n) is 20.9. The Bertz CT molecular complexity index is 3000. The Morgan fingerprint density at radius 1 is 0.467 bits per heavy atom. The van der Waals surface area contributed by atoms with Crippen molar-refractivity contribution in [2.75, 3.05) is 0 Å². The van der Waals surface area contributed by atoms with E-state index >= 15 is 9.59 Å². The number of aromatic nitrogens is 2. The molecule has 0 spiro atoms. The van der Waals surface area contributed by atoms with Gasteiger partial charge >= 0.3 is 6.03 Å². The number of nitrogens with zero attached hydrogens (tertiary/aromatic N) is 4. The summed E-state index contributed by atoms with van der Waals surface area (Å²) in [6.07, 6.45) is 10.3. The number of allylic oxidation sites excluding steroid dienone is 4. The molecule has 8 aromatic rings. The molecule has 0 radical (unpaired) electrons. The first kappa shape index (κ1) is 36.1. The molecule has 1 aliphatic heterocycles. The van der Waals surface area contributed by atoms with Gasteiger partial charge in [-0.3, -0.25) is 19.4 Å². The van der Waals surface area contributed by atoms with Crippen LogP contribution >= 0.6 is 0 Å². The molecule has 3 heterocycles. The Morgan fingerprint density at radius 2 is 0.867 bits per heavy atom. The molecule has 11 rings (SSSR count). The second kappa shape index (κ2) is 14.1. The van der Waals surface area contributed by atoms with Gasteiger partial charge in [-0.1, -0.05) is 145 Å². The lowest BCUT2D eigenvalue weighted by Crippen LogP contribution is -2.58. The van der Waals surface area contributed by atoms with Crippen LogP contribution in [0.15, 0.2) is 157 Å². The third kappa shape index (κ3) is 5.52. The Kier molecular flexibility index (Phi) is 8.48. The first-order valence-corrected chi connectivity index (χ1v) is 20.9. The first-order chi connectivity index (χ1) is 29.4. The van der Waals surface area contributed by atoms with Crippen LogP contribution in [0.3, 0.4) is 0 Å². The average molecular weight is 785 g/mol. The number of carbonyl (C=O) groups is 3. The van der Waals surface area contributed by atoms with E-state index in [1.54, 1.807) is 0 Å². The highest BCUT2D eigenvalue weighted by Crippen LogP contribution is 2.60. The summed E-state index contributed by atoms with van der Waals surface area (Å²) < 4.78 is 4.49. The van der Waals surface area contributed by atoms with Gasteiger partial charge in [0.25, 0.3) is 0 Å². The molecule has 294 valence electrons. The molecule has 6 aromatic carbocycles. The summed E-state index contributed by atoms with van der Waals surface area (Å²) in [5.74, 6) is -2.38. The molecule has 4 unspecified atom stereocenters. The van der Waals surface area contributed by atoms with Crippen molar-refractivity contribution in [2.24, 2.45) is 37.8 Å². The van der Waals surface area contributed by atoms with Crippen LogP contribution in [0.4, 0.5) is 4.79 Å². The van der Waals surface area contributed by atoms with E-state index in [1.165, 1.54) is 53.2 Å². The third-order valence-corrected chi connectivity index (χ3v) is 13.7. The number of amides is 4. The van der Waals surface area contributed by atoms with Crippen molar-refractivity contribution in [1.29, 1.82) is 0 Å². The van der Waals surface area contributed by atoms with E-state index < -0.39 is 17.9 Å². The molecule has 4 atom stereocenters. The van der Waals surface area contributed by atoms with E-state index in [0.717, 1.165) is 45.8 Å². The van der Waals surface area contributed by atoms with Gasteiger partial charge in [-0.25, -0.2) is 4.79 Å². The summed E-state index contributed by atoms with van der Waals surface area (Å²) in [7, 11) is 4.22. The number of rotatable bonds is 6. The molecule has 0 N–H and O–H groups in total. The van der Waals surface area contributed by atoms with Gasteiger partial charge in [0, 0.05) is 57.4 Å². The molecule has 3 aliphatic rings. The molecule has 2 saturated carbocycles. The fraction of sp³-hybridized carbons (Fsp3) is 0.189. The van der Waals surface area contributed by atoms with Crippen molar-refractivity contribution in [2.45, 2.75) is 25.9 Å². The molecule has 0 bridgehead atoms. The summed E-state index contributed by atoms with van der Waals surface area (Å²) in [5, 5.41) is 9.45. The van der Waals surface area contributed by atoms with Crippen molar-refractivity contribution in [3.8, 4) is 0 Å². The van der Waals surface area contributed by atoms with Crippen LogP contribution in [0.2, 0.25) is 0 Å². The molecule has 7 heteroatoms. The van der Waals surface area contributed by atoms with Crippen LogP contribution in [0.5, 0.6) is 0 Å². The van der Waals surface area contributed by atoms with E-state index in [4.69, 9.17) is 0 Å². The molecule has 7 nitrogen and oxygen atoms in total. The average Bonchev–Trinajstić information content (AvgIpc) is 3.69. The maximum Gasteiger partial charge on any atom is 0.334 e. The maximum absolute atomic E-state index is 15.1.